The first-order valence-electron chi connectivity index (χ1n) is 11.0. The summed E-state index contributed by atoms with van der Waals surface area (Å²) in [6, 6.07) is 22.2. The minimum Gasteiger partial charge on any atom is -0.508 e. The minimum absolute atomic E-state index is 0.250. The Hall–Kier alpha value is -3.51. The monoisotopic (exact) mass is 452 g/mol. The molecule has 6 nitrogen and oxygen atoms in total. The number of rotatable bonds is 11. The molecule has 0 saturated carbocycles. The molecule has 0 bridgehead atoms. The molecular weight excluding hydrogens is 420 g/mol. The highest BCUT2D eigenvalue weighted by molar-refractivity contribution is 5.72. The van der Waals surface area contributed by atoms with Crippen molar-refractivity contribution in [3.8, 4) is 28.4 Å². The van der Waals surface area contributed by atoms with Crippen LogP contribution in [-0.4, -0.2) is 42.6 Å². The molecule has 0 spiro atoms. The van der Waals surface area contributed by atoms with Crippen molar-refractivity contribution in [1.82, 2.24) is 0 Å². The van der Waals surface area contributed by atoms with E-state index in [1.807, 2.05) is 74.5 Å². The Balaban J connectivity index is 0.00000187. The predicted octanol–water partition coefficient (Wildman–Crippen LogP) is 5.58. The summed E-state index contributed by atoms with van der Waals surface area (Å²) in [4.78, 5) is 11.0. The standard InChI is InChI=1S/C25H26O6.C2H6/c1-29-24(25(27)28)17-18-3-11-22(12-4-18)30-15-2-16-31-23-13-7-20(8-14-23)19-5-9-21(26)10-6-19;1-2/h3-14,24,26H,2,15-17H2,1H3,(H,27,28);1-2H3. The van der Waals surface area contributed by atoms with Gasteiger partial charge in [-0.25, -0.2) is 4.79 Å². The Morgan fingerprint density at radius 1 is 0.788 bits per heavy atom. The second kappa shape index (κ2) is 13.8. The third-order valence-electron chi connectivity index (χ3n) is 4.79. The van der Waals surface area contributed by atoms with Gasteiger partial charge in [-0.1, -0.05) is 50.2 Å². The van der Waals surface area contributed by atoms with Gasteiger partial charge in [-0.05, 0) is 53.1 Å². The van der Waals surface area contributed by atoms with Crippen LogP contribution in [0.5, 0.6) is 17.2 Å². The third kappa shape index (κ3) is 8.50. The van der Waals surface area contributed by atoms with Crippen LogP contribution in [-0.2, 0) is 16.0 Å². The van der Waals surface area contributed by atoms with E-state index in [1.165, 1.54) is 7.11 Å². The molecule has 0 aliphatic carbocycles. The lowest BCUT2D eigenvalue weighted by Crippen LogP contribution is -2.24. The van der Waals surface area contributed by atoms with Crippen LogP contribution < -0.4 is 9.47 Å². The molecule has 0 radical (unpaired) electrons. The molecule has 176 valence electrons. The van der Waals surface area contributed by atoms with Gasteiger partial charge in [-0.15, -0.1) is 0 Å². The highest BCUT2D eigenvalue weighted by Gasteiger charge is 2.16. The van der Waals surface area contributed by atoms with Crippen molar-refractivity contribution in [3.05, 3.63) is 78.4 Å². The van der Waals surface area contributed by atoms with Gasteiger partial charge in [0.2, 0.25) is 0 Å². The number of carbonyl (C=O) groups is 1. The molecule has 0 aliphatic heterocycles. The maximum absolute atomic E-state index is 11.0. The zero-order valence-corrected chi connectivity index (χ0v) is 19.4. The van der Waals surface area contributed by atoms with Crippen LogP contribution in [0.3, 0.4) is 0 Å². The third-order valence-corrected chi connectivity index (χ3v) is 4.79. The fraction of sp³-hybridized carbons (Fsp3) is 0.296. The van der Waals surface area contributed by atoms with Crippen LogP contribution in [0.4, 0.5) is 0 Å². The van der Waals surface area contributed by atoms with Gasteiger partial charge in [0.05, 0.1) is 13.2 Å². The Kier molecular flexibility index (Phi) is 10.8. The number of benzene rings is 3. The molecule has 3 aromatic rings. The van der Waals surface area contributed by atoms with Gasteiger partial charge >= 0.3 is 5.97 Å². The van der Waals surface area contributed by atoms with Gasteiger partial charge < -0.3 is 24.4 Å². The van der Waals surface area contributed by atoms with E-state index < -0.39 is 12.1 Å². The molecule has 0 amide bonds. The van der Waals surface area contributed by atoms with Gasteiger partial charge in [0.1, 0.15) is 17.2 Å². The SMILES string of the molecule is CC.COC(Cc1ccc(OCCCOc2ccc(-c3ccc(O)cc3)cc2)cc1)C(=O)O. The highest BCUT2D eigenvalue weighted by atomic mass is 16.5. The Bertz CT molecular complexity index is 949. The number of phenolic OH excluding ortho intramolecular Hbond substituents is 1. The zero-order chi connectivity index (χ0) is 24.1. The number of hydrogen-bond acceptors (Lipinski definition) is 5. The van der Waals surface area contributed by atoms with Gasteiger partial charge in [-0.2, -0.15) is 0 Å². The van der Waals surface area contributed by atoms with E-state index in [2.05, 4.69) is 0 Å². The van der Waals surface area contributed by atoms with Crippen LogP contribution in [0.25, 0.3) is 11.1 Å². The average Bonchev–Trinajstić information content (AvgIpc) is 2.85. The predicted molar refractivity (Wildman–Crippen MR) is 129 cm³/mol. The molecule has 0 saturated heterocycles. The van der Waals surface area contributed by atoms with Gasteiger partial charge in [0.25, 0.3) is 0 Å². The van der Waals surface area contributed by atoms with Crippen LogP contribution in [0, 0.1) is 0 Å². The first kappa shape index (κ1) is 25.7. The number of hydrogen-bond donors (Lipinski definition) is 2. The molecule has 0 aromatic heterocycles. The van der Waals surface area contributed by atoms with Crippen molar-refractivity contribution in [3.63, 3.8) is 0 Å². The summed E-state index contributed by atoms with van der Waals surface area (Å²) in [6.45, 7) is 5.05. The summed E-state index contributed by atoms with van der Waals surface area (Å²) in [5.74, 6) is 0.793. The molecule has 0 fully saturated rings. The highest BCUT2D eigenvalue weighted by Crippen LogP contribution is 2.24. The van der Waals surface area contributed by atoms with E-state index in [1.54, 1.807) is 12.1 Å². The summed E-state index contributed by atoms with van der Waals surface area (Å²) in [5.41, 5.74) is 2.96. The molecule has 0 aliphatic rings. The van der Waals surface area contributed by atoms with E-state index in [4.69, 9.17) is 19.3 Å². The van der Waals surface area contributed by atoms with Crippen LogP contribution in [0.2, 0.25) is 0 Å². The molecule has 2 N–H and O–H groups in total. The van der Waals surface area contributed by atoms with Crippen molar-refractivity contribution in [2.24, 2.45) is 0 Å². The fourth-order valence-corrected chi connectivity index (χ4v) is 3.04. The van der Waals surface area contributed by atoms with E-state index in [0.717, 1.165) is 34.6 Å². The summed E-state index contributed by atoms with van der Waals surface area (Å²) in [6.07, 6.45) is 0.191. The molecule has 33 heavy (non-hydrogen) atoms. The second-order valence-electron chi connectivity index (χ2n) is 7.03. The summed E-state index contributed by atoms with van der Waals surface area (Å²) in [7, 11) is 1.39. The van der Waals surface area contributed by atoms with Gasteiger partial charge in [0, 0.05) is 20.0 Å². The maximum atomic E-state index is 11.0. The average molecular weight is 453 g/mol. The van der Waals surface area contributed by atoms with E-state index in [9.17, 15) is 9.90 Å². The summed E-state index contributed by atoms with van der Waals surface area (Å²) in [5, 5.41) is 18.4. The Labute approximate surface area is 195 Å². The lowest BCUT2D eigenvalue weighted by molar-refractivity contribution is -0.148. The first-order valence-corrected chi connectivity index (χ1v) is 11.0. The van der Waals surface area contributed by atoms with Crippen molar-refractivity contribution >= 4 is 5.97 Å². The fourth-order valence-electron chi connectivity index (χ4n) is 3.04. The number of carboxylic acids is 1. The normalized spacial score (nSPS) is 11.1. The number of methoxy groups -OCH3 is 1. The quantitative estimate of drug-likeness (QED) is 0.370. The first-order chi connectivity index (χ1) is 16.0. The summed E-state index contributed by atoms with van der Waals surface area (Å²) < 4.78 is 16.4. The number of phenols is 1. The number of aliphatic carboxylic acids is 1. The smallest absolute Gasteiger partial charge is 0.333 e. The molecule has 1 atom stereocenters. The maximum Gasteiger partial charge on any atom is 0.333 e. The Morgan fingerprint density at radius 2 is 1.24 bits per heavy atom. The lowest BCUT2D eigenvalue weighted by Gasteiger charge is -2.11. The molecule has 3 aromatic carbocycles. The van der Waals surface area contributed by atoms with Crippen molar-refractivity contribution in [2.75, 3.05) is 20.3 Å². The van der Waals surface area contributed by atoms with E-state index in [-0.39, 0.29) is 5.75 Å². The van der Waals surface area contributed by atoms with Crippen molar-refractivity contribution in [1.29, 1.82) is 0 Å². The van der Waals surface area contributed by atoms with Crippen molar-refractivity contribution in [2.45, 2.75) is 32.8 Å². The van der Waals surface area contributed by atoms with Gasteiger partial charge in [-0.3, -0.25) is 0 Å². The molecular formula is C27H32O6. The van der Waals surface area contributed by atoms with Gasteiger partial charge in [0.15, 0.2) is 6.10 Å². The van der Waals surface area contributed by atoms with Crippen LogP contribution in [0.1, 0.15) is 25.8 Å². The largest absolute Gasteiger partial charge is 0.508 e. The Morgan fingerprint density at radius 3 is 1.70 bits per heavy atom. The van der Waals surface area contributed by atoms with Crippen LogP contribution in [0.15, 0.2) is 72.8 Å². The topological polar surface area (TPSA) is 85.2 Å². The van der Waals surface area contributed by atoms with E-state index >= 15 is 0 Å². The van der Waals surface area contributed by atoms with Crippen LogP contribution >= 0.6 is 0 Å². The lowest BCUT2D eigenvalue weighted by atomic mass is 10.1. The minimum atomic E-state index is -0.974. The molecule has 6 heteroatoms. The second-order valence-corrected chi connectivity index (χ2v) is 7.03. The van der Waals surface area contributed by atoms with Crippen molar-refractivity contribution < 1.29 is 29.2 Å². The number of carboxylic acid groups (broad SMARTS) is 1. The zero-order valence-electron chi connectivity index (χ0n) is 19.4. The molecule has 3 rings (SSSR count). The molecule has 0 heterocycles. The summed E-state index contributed by atoms with van der Waals surface area (Å²) >= 11 is 0. The van der Waals surface area contributed by atoms with E-state index in [0.29, 0.717) is 19.6 Å². The number of aromatic hydroxyl groups is 1. The number of ether oxygens (including phenoxy) is 3. The molecule has 1 unspecified atom stereocenters.